The van der Waals surface area contributed by atoms with Gasteiger partial charge in [0.15, 0.2) is 18.1 Å². The molecule has 1 aromatic heterocycles. The van der Waals surface area contributed by atoms with Crippen LogP contribution in [0.4, 0.5) is 0 Å². The lowest BCUT2D eigenvalue weighted by Crippen LogP contribution is -2.02. The molecule has 0 aliphatic rings. The Bertz CT molecular complexity index is 573. The predicted molar refractivity (Wildman–Crippen MR) is 67.1 cm³/mol. The van der Waals surface area contributed by atoms with Gasteiger partial charge >= 0.3 is 0 Å². The SMILES string of the molecule is COc1cc(CO)cc(Cl)c1OCc1nnn(C)n1. The lowest BCUT2D eigenvalue weighted by molar-refractivity contribution is 0.270. The molecule has 2 rings (SSSR count). The first kappa shape index (κ1) is 13.6. The smallest absolute Gasteiger partial charge is 0.212 e. The number of rotatable bonds is 5. The normalized spacial score (nSPS) is 10.5. The molecule has 8 heteroatoms. The van der Waals surface area contributed by atoms with Gasteiger partial charge in [-0.05, 0) is 22.9 Å². The zero-order valence-electron chi connectivity index (χ0n) is 10.5. The molecule has 0 spiro atoms. The van der Waals surface area contributed by atoms with Gasteiger partial charge in [-0.1, -0.05) is 11.6 Å². The lowest BCUT2D eigenvalue weighted by Gasteiger charge is -2.12. The maximum atomic E-state index is 9.10. The molecule has 0 unspecified atom stereocenters. The summed E-state index contributed by atoms with van der Waals surface area (Å²) in [4.78, 5) is 1.34. The minimum absolute atomic E-state index is 0.123. The molecule has 102 valence electrons. The Hall–Kier alpha value is -1.86. The van der Waals surface area contributed by atoms with Gasteiger partial charge in [-0.15, -0.1) is 10.2 Å². The molecular weight excluding hydrogens is 272 g/mol. The summed E-state index contributed by atoms with van der Waals surface area (Å²) in [5.41, 5.74) is 0.645. The van der Waals surface area contributed by atoms with Crippen LogP contribution in [0.2, 0.25) is 5.02 Å². The Morgan fingerprint density at radius 2 is 2.21 bits per heavy atom. The highest BCUT2D eigenvalue weighted by Crippen LogP contribution is 2.36. The standard InChI is InChI=1S/C11H13ClN4O3/c1-16-14-10(13-15-16)6-19-11-8(12)3-7(5-17)4-9(11)18-2/h3-4,17H,5-6H2,1-2H3. The average Bonchev–Trinajstić information content (AvgIpc) is 2.82. The Balaban J connectivity index is 2.19. The summed E-state index contributed by atoms with van der Waals surface area (Å²) in [6, 6.07) is 3.27. The van der Waals surface area contributed by atoms with Gasteiger partial charge in [0.25, 0.3) is 0 Å². The number of halogens is 1. The van der Waals surface area contributed by atoms with E-state index >= 15 is 0 Å². The number of hydrogen-bond acceptors (Lipinski definition) is 6. The quantitative estimate of drug-likeness (QED) is 0.880. The highest BCUT2D eigenvalue weighted by Gasteiger charge is 2.13. The van der Waals surface area contributed by atoms with Crippen LogP contribution in [0.3, 0.4) is 0 Å². The number of aromatic nitrogens is 4. The number of hydrogen-bond donors (Lipinski definition) is 1. The minimum Gasteiger partial charge on any atom is -0.493 e. The second-order valence-electron chi connectivity index (χ2n) is 3.75. The van der Waals surface area contributed by atoms with Crippen molar-refractivity contribution in [2.75, 3.05) is 7.11 Å². The summed E-state index contributed by atoms with van der Waals surface area (Å²) in [5, 5.41) is 20.9. The number of benzene rings is 1. The number of aliphatic hydroxyl groups is 1. The third-order valence-electron chi connectivity index (χ3n) is 2.37. The van der Waals surface area contributed by atoms with Crippen molar-refractivity contribution < 1.29 is 14.6 Å². The van der Waals surface area contributed by atoms with Crippen LogP contribution in [0.15, 0.2) is 12.1 Å². The highest BCUT2D eigenvalue weighted by atomic mass is 35.5. The van der Waals surface area contributed by atoms with Crippen molar-refractivity contribution in [1.29, 1.82) is 0 Å². The number of aryl methyl sites for hydroxylation is 1. The molecule has 0 atom stereocenters. The highest BCUT2D eigenvalue weighted by molar-refractivity contribution is 6.32. The topological polar surface area (TPSA) is 82.3 Å². The number of nitrogens with zero attached hydrogens (tertiary/aromatic N) is 4. The van der Waals surface area contributed by atoms with Gasteiger partial charge in [0.05, 0.1) is 25.8 Å². The molecule has 1 N–H and O–H groups in total. The van der Waals surface area contributed by atoms with Gasteiger partial charge in [0.2, 0.25) is 5.82 Å². The average molecular weight is 285 g/mol. The van der Waals surface area contributed by atoms with Gasteiger partial charge in [0.1, 0.15) is 0 Å². The lowest BCUT2D eigenvalue weighted by atomic mass is 10.2. The van der Waals surface area contributed by atoms with Crippen molar-refractivity contribution in [3.8, 4) is 11.5 Å². The second kappa shape index (κ2) is 5.85. The summed E-state index contributed by atoms with van der Waals surface area (Å²) in [5.74, 6) is 1.26. The van der Waals surface area contributed by atoms with E-state index in [1.165, 1.54) is 11.9 Å². The van der Waals surface area contributed by atoms with Crippen LogP contribution in [0.1, 0.15) is 11.4 Å². The van der Waals surface area contributed by atoms with Crippen molar-refractivity contribution in [3.05, 3.63) is 28.5 Å². The van der Waals surface area contributed by atoms with Crippen LogP contribution in [0.25, 0.3) is 0 Å². The fourth-order valence-corrected chi connectivity index (χ4v) is 1.81. The van der Waals surface area contributed by atoms with Gasteiger partial charge < -0.3 is 14.6 Å². The van der Waals surface area contributed by atoms with Crippen LogP contribution in [-0.4, -0.2) is 32.4 Å². The fourth-order valence-electron chi connectivity index (χ4n) is 1.52. The molecule has 7 nitrogen and oxygen atoms in total. The molecule has 0 radical (unpaired) electrons. The zero-order valence-corrected chi connectivity index (χ0v) is 11.3. The van der Waals surface area contributed by atoms with Crippen LogP contribution in [0.5, 0.6) is 11.5 Å². The van der Waals surface area contributed by atoms with Crippen molar-refractivity contribution in [3.63, 3.8) is 0 Å². The van der Waals surface area contributed by atoms with Crippen molar-refractivity contribution in [2.45, 2.75) is 13.2 Å². The van der Waals surface area contributed by atoms with Crippen molar-refractivity contribution in [1.82, 2.24) is 20.2 Å². The van der Waals surface area contributed by atoms with E-state index in [1.54, 1.807) is 19.2 Å². The maximum absolute atomic E-state index is 9.10. The predicted octanol–water partition coefficient (Wildman–Crippen LogP) is 0.943. The molecule has 0 aliphatic heterocycles. The van der Waals surface area contributed by atoms with E-state index in [0.717, 1.165) is 0 Å². The summed E-state index contributed by atoms with van der Waals surface area (Å²) in [6.45, 7) is 0.00443. The molecule has 2 aromatic rings. The van der Waals surface area contributed by atoms with E-state index in [4.69, 9.17) is 26.2 Å². The van der Waals surface area contributed by atoms with Gasteiger partial charge in [-0.3, -0.25) is 0 Å². The van der Waals surface area contributed by atoms with Crippen molar-refractivity contribution >= 4 is 11.6 Å². The van der Waals surface area contributed by atoms with E-state index in [0.29, 0.717) is 27.9 Å². The zero-order chi connectivity index (χ0) is 13.8. The van der Waals surface area contributed by atoms with E-state index < -0.39 is 0 Å². The summed E-state index contributed by atoms with van der Waals surface area (Å²) < 4.78 is 10.7. The number of aliphatic hydroxyl groups excluding tert-OH is 1. The molecule has 0 bridgehead atoms. The summed E-state index contributed by atoms with van der Waals surface area (Å²) in [6.07, 6.45) is 0. The van der Waals surface area contributed by atoms with Crippen LogP contribution < -0.4 is 9.47 Å². The summed E-state index contributed by atoms with van der Waals surface area (Å²) in [7, 11) is 3.17. The first-order valence-corrected chi connectivity index (χ1v) is 5.84. The Kier molecular flexibility index (Phi) is 4.18. The van der Waals surface area contributed by atoms with E-state index in [1.807, 2.05) is 0 Å². The van der Waals surface area contributed by atoms with Crippen LogP contribution >= 0.6 is 11.6 Å². The maximum Gasteiger partial charge on any atom is 0.212 e. The third-order valence-corrected chi connectivity index (χ3v) is 2.65. The molecule has 19 heavy (non-hydrogen) atoms. The second-order valence-corrected chi connectivity index (χ2v) is 4.16. The van der Waals surface area contributed by atoms with E-state index in [9.17, 15) is 0 Å². The number of tetrazole rings is 1. The number of methoxy groups -OCH3 is 1. The molecule has 0 aliphatic carbocycles. The largest absolute Gasteiger partial charge is 0.493 e. The van der Waals surface area contributed by atoms with Gasteiger partial charge in [-0.25, -0.2) is 0 Å². The summed E-state index contributed by atoms with van der Waals surface area (Å²) >= 11 is 6.09. The monoisotopic (exact) mass is 284 g/mol. The fraction of sp³-hybridized carbons (Fsp3) is 0.364. The Morgan fingerprint density at radius 3 is 2.79 bits per heavy atom. The molecule has 0 fully saturated rings. The molecular formula is C11H13ClN4O3. The Morgan fingerprint density at radius 1 is 1.42 bits per heavy atom. The van der Waals surface area contributed by atoms with Gasteiger partial charge in [0, 0.05) is 0 Å². The molecule has 0 saturated heterocycles. The van der Waals surface area contributed by atoms with E-state index in [2.05, 4.69) is 15.4 Å². The molecule has 1 aromatic carbocycles. The Labute approximate surface area is 114 Å². The first-order chi connectivity index (χ1) is 9.13. The van der Waals surface area contributed by atoms with E-state index in [-0.39, 0.29) is 13.2 Å². The van der Waals surface area contributed by atoms with Gasteiger partial charge in [-0.2, -0.15) is 4.80 Å². The number of ether oxygens (including phenoxy) is 2. The van der Waals surface area contributed by atoms with Crippen LogP contribution in [0, 0.1) is 0 Å². The first-order valence-electron chi connectivity index (χ1n) is 5.47. The minimum atomic E-state index is -0.123. The molecule has 0 amide bonds. The van der Waals surface area contributed by atoms with Crippen LogP contribution in [-0.2, 0) is 20.3 Å². The van der Waals surface area contributed by atoms with Crippen molar-refractivity contribution in [2.24, 2.45) is 7.05 Å². The molecule has 0 saturated carbocycles. The third kappa shape index (κ3) is 3.12. The molecule has 1 heterocycles.